The fourth-order valence-corrected chi connectivity index (χ4v) is 0.766. The molecule has 5 heteroatoms. The number of rotatable bonds is 6. The zero-order valence-corrected chi connectivity index (χ0v) is 8.83. The van der Waals surface area contributed by atoms with E-state index < -0.39 is 12.0 Å². The predicted molar refractivity (Wildman–Crippen MR) is 53.0 cm³/mol. The summed E-state index contributed by atoms with van der Waals surface area (Å²) in [5.41, 5.74) is 0. The molecule has 0 bridgehead atoms. The van der Waals surface area contributed by atoms with E-state index in [-0.39, 0.29) is 18.5 Å². The summed E-state index contributed by atoms with van der Waals surface area (Å²) in [6.07, 6.45) is 0.932. The van der Waals surface area contributed by atoms with Crippen LogP contribution in [0.3, 0.4) is 0 Å². The first-order valence-electron chi connectivity index (χ1n) is 4.73. The van der Waals surface area contributed by atoms with Crippen LogP contribution in [0.25, 0.3) is 0 Å². The van der Waals surface area contributed by atoms with Gasteiger partial charge >= 0.3 is 5.97 Å². The van der Waals surface area contributed by atoms with Gasteiger partial charge in [-0.3, -0.25) is 9.59 Å². The van der Waals surface area contributed by atoms with Gasteiger partial charge in [-0.15, -0.1) is 0 Å². The lowest BCUT2D eigenvalue weighted by Gasteiger charge is -2.12. The topological polar surface area (TPSA) is 78.4 Å². The molecule has 2 unspecified atom stereocenters. The van der Waals surface area contributed by atoms with E-state index in [1.54, 1.807) is 0 Å². The molecule has 0 aromatic rings. The lowest BCUT2D eigenvalue weighted by atomic mass is 10.2. The third-order valence-corrected chi connectivity index (χ3v) is 1.97. The van der Waals surface area contributed by atoms with Gasteiger partial charge in [-0.1, -0.05) is 6.92 Å². The molecule has 0 spiro atoms. The summed E-state index contributed by atoms with van der Waals surface area (Å²) < 4.78 is 0. The summed E-state index contributed by atoms with van der Waals surface area (Å²) in [5, 5.41) is 13.8. The molecule has 0 heterocycles. The van der Waals surface area contributed by atoms with Gasteiger partial charge in [0.25, 0.3) is 0 Å². The molecular formula is C9H18N2O3. The minimum atomic E-state index is -1.03. The van der Waals surface area contributed by atoms with Crippen LogP contribution in [-0.2, 0) is 9.59 Å². The molecule has 0 aromatic heterocycles. The van der Waals surface area contributed by atoms with E-state index in [0.29, 0.717) is 0 Å². The zero-order valence-electron chi connectivity index (χ0n) is 8.83. The van der Waals surface area contributed by atoms with E-state index >= 15 is 0 Å². The largest absolute Gasteiger partial charge is 0.480 e. The zero-order chi connectivity index (χ0) is 11.1. The van der Waals surface area contributed by atoms with Gasteiger partial charge in [0.1, 0.15) is 6.04 Å². The molecule has 5 nitrogen and oxygen atoms in total. The number of carbonyl (C=O) groups is 2. The van der Waals surface area contributed by atoms with E-state index in [0.717, 1.165) is 6.42 Å². The van der Waals surface area contributed by atoms with Crippen LogP contribution in [0.5, 0.6) is 0 Å². The van der Waals surface area contributed by atoms with Crippen molar-refractivity contribution in [3.63, 3.8) is 0 Å². The van der Waals surface area contributed by atoms with Gasteiger partial charge in [0.15, 0.2) is 0 Å². The van der Waals surface area contributed by atoms with Gasteiger partial charge < -0.3 is 15.7 Å². The summed E-state index contributed by atoms with van der Waals surface area (Å²) in [5.74, 6) is -1.32. The van der Waals surface area contributed by atoms with Crippen molar-refractivity contribution >= 4 is 11.9 Å². The molecule has 0 radical (unpaired) electrons. The van der Waals surface area contributed by atoms with Crippen molar-refractivity contribution in [3.8, 4) is 0 Å². The smallest absolute Gasteiger partial charge is 0.325 e. The highest BCUT2D eigenvalue weighted by Crippen LogP contribution is 1.86. The van der Waals surface area contributed by atoms with E-state index in [4.69, 9.17) is 5.11 Å². The maximum Gasteiger partial charge on any atom is 0.325 e. The average Bonchev–Trinajstić information content (AvgIpc) is 2.13. The third-order valence-electron chi connectivity index (χ3n) is 1.97. The van der Waals surface area contributed by atoms with E-state index in [1.807, 2.05) is 13.8 Å². The van der Waals surface area contributed by atoms with Crippen LogP contribution in [-0.4, -0.2) is 35.6 Å². The van der Waals surface area contributed by atoms with Gasteiger partial charge in [-0.05, 0) is 20.3 Å². The highest BCUT2D eigenvalue weighted by molar-refractivity contribution is 5.84. The first kappa shape index (κ1) is 12.9. The van der Waals surface area contributed by atoms with Gasteiger partial charge in [0.05, 0.1) is 6.54 Å². The van der Waals surface area contributed by atoms with Crippen molar-refractivity contribution in [3.05, 3.63) is 0 Å². The fraction of sp³-hybridized carbons (Fsp3) is 0.778. The second-order valence-corrected chi connectivity index (χ2v) is 3.32. The fourth-order valence-electron chi connectivity index (χ4n) is 0.766. The van der Waals surface area contributed by atoms with Crippen molar-refractivity contribution in [2.24, 2.45) is 0 Å². The quantitative estimate of drug-likeness (QED) is 0.565. The van der Waals surface area contributed by atoms with Crippen molar-refractivity contribution in [2.45, 2.75) is 39.3 Å². The molecule has 2 atom stereocenters. The molecule has 0 aliphatic rings. The second kappa shape index (κ2) is 6.37. The minimum absolute atomic E-state index is 0.159. The minimum Gasteiger partial charge on any atom is -0.480 e. The number of nitrogens with one attached hydrogen (secondary N) is 2. The van der Waals surface area contributed by atoms with Crippen LogP contribution in [0, 0.1) is 0 Å². The standard InChI is InChI=1S/C9H18N2O3/c1-4-6(2)10-5-8(12)11-7(3)9(13)14/h6-7,10H,4-5H2,1-3H3,(H,11,12)(H,13,14). The number of carboxylic acids is 1. The molecule has 0 aromatic carbocycles. The Kier molecular flexibility index (Phi) is 5.87. The van der Waals surface area contributed by atoms with Crippen LogP contribution in [0.15, 0.2) is 0 Å². The molecular weight excluding hydrogens is 184 g/mol. The summed E-state index contributed by atoms with van der Waals surface area (Å²) >= 11 is 0. The van der Waals surface area contributed by atoms with E-state index in [9.17, 15) is 9.59 Å². The molecule has 0 aliphatic carbocycles. The third kappa shape index (κ3) is 5.53. The lowest BCUT2D eigenvalue weighted by molar-refractivity contribution is -0.141. The number of hydrogen-bond donors (Lipinski definition) is 3. The number of amides is 1. The lowest BCUT2D eigenvalue weighted by Crippen LogP contribution is -2.44. The molecule has 3 N–H and O–H groups in total. The Morgan fingerprint density at radius 3 is 2.36 bits per heavy atom. The van der Waals surface area contributed by atoms with Gasteiger partial charge in [-0.2, -0.15) is 0 Å². The highest BCUT2D eigenvalue weighted by Gasteiger charge is 2.13. The first-order valence-corrected chi connectivity index (χ1v) is 4.73. The summed E-state index contributed by atoms with van der Waals surface area (Å²) in [7, 11) is 0. The Morgan fingerprint density at radius 2 is 1.93 bits per heavy atom. The summed E-state index contributed by atoms with van der Waals surface area (Å²) in [4.78, 5) is 21.5. The number of hydrogen-bond acceptors (Lipinski definition) is 3. The normalized spacial score (nSPS) is 14.5. The summed E-state index contributed by atoms with van der Waals surface area (Å²) in [6, 6.07) is -0.567. The van der Waals surface area contributed by atoms with E-state index in [1.165, 1.54) is 6.92 Å². The Morgan fingerprint density at radius 1 is 1.36 bits per heavy atom. The van der Waals surface area contributed by atoms with Crippen molar-refractivity contribution in [2.75, 3.05) is 6.54 Å². The molecule has 1 amide bonds. The SMILES string of the molecule is CCC(C)NCC(=O)NC(C)C(=O)O. The Balaban J connectivity index is 3.71. The second-order valence-electron chi connectivity index (χ2n) is 3.32. The van der Waals surface area contributed by atoms with Crippen molar-refractivity contribution in [1.29, 1.82) is 0 Å². The molecule has 14 heavy (non-hydrogen) atoms. The van der Waals surface area contributed by atoms with Crippen molar-refractivity contribution < 1.29 is 14.7 Å². The van der Waals surface area contributed by atoms with Crippen LogP contribution >= 0.6 is 0 Å². The van der Waals surface area contributed by atoms with Crippen LogP contribution < -0.4 is 10.6 Å². The van der Waals surface area contributed by atoms with Gasteiger partial charge in [-0.25, -0.2) is 0 Å². The maximum absolute atomic E-state index is 11.1. The number of aliphatic carboxylic acids is 1. The molecule has 0 fully saturated rings. The van der Waals surface area contributed by atoms with Crippen LogP contribution in [0.1, 0.15) is 27.2 Å². The molecule has 82 valence electrons. The van der Waals surface area contributed by atoms with Gasteiger partial charge in [0, 0.05) is 6.04 Å². The molecule has 0 rings (SSSR count). The molecule has 0 saturated carbocycles. The maximum atomic E-state index is 11.1. The Labute approximate surface area is 83.9 Å². The summed E-state index contributed by atoms with van der Waals surface area (Å²) in [6.45, 7) is 5.57. The Hall–Kier alpha value is -1.10. The number of carbonyl (C=O) groups excluding carboxylic acids is 1. The van der Waals surface area contributed by atoms with Crippen molar-refractivity contribution in [1.82, 2.24) is 10.6 Å². The first-order chi connectivity index (χ1) is 6.47. The Bertz CT molecular complexity index is 206. The van der Waals surface area contributed by atoms with Crippen LogP contribution in [0.4, 0.5) is 0 Å². The highest BCUT2D eigenvalue weighted by atomic mass is 16.4. The number of carboxylic acid groups (broad SMARTS) is 1. The molecule has 0 aliphatic heterocycles. The average molecular weight is 202 g/mol. The van der Waals surface area contributed by atoms with E-state index in [2.05, 4.69) is 10.6 Å². The molecule has 0 saturated heterocycles. The monoisotopic (exact) mass is 202 g/mol. The van der Waals surface area contributed by atoms with Gasteiger partial charge in [0.2, 0.25) is 5.91 Å². The van der Waals surface area contributed by atoms with Crippen LogP contribution in [0.2, 0.25) is 0 Å². The predicted octanol–water partition coefficient (Wildman–Crippen LogP) is -0.0362.